The molecule has 0 unspecified atom stereocenters. The maximum atomic E-state index is 13.0. The number of hydrogen-bond donors (Lipinski definition) is 1. The minimum absolute atomic E-state index is 0.143. The third kappa shape index (κ3) is 4.67. The van der Waals surface area contributed by atoms with E-state index >= 15 is 0 Å². The van der Waals surface area contributed by atoms with Crippen LogP contribution in [0.3, 0.4) is 0 Å². The van der Waals surface area contributed by atoms with Gasteiger partial charge in [0, 0.05) is 35.8 Å². The largest absolute Gasteiger partial charge is 0.277 e. The Balaban J connectivity index is 2.51. The van der Waals surface area contributed by atoms with Crippen LogP contribution in [0.1, 0.15) is 26.3 Å². The Morgan fingerprint density at radius 1 is 1.21 bits per heavy atom. The number of benzene rings is 2. The molecule has 0 radical (unpaired) electrons. The van der Waals surface area contributed by atoms with Gasteiger partial charge in [0.05, 0.1) is 16.3 Å². The standard InChI is InChI=1S/C18H21ClN4O4S/c1-4-22(5-2)28(26,27)18-12-14(23(24)25)10-11-17(18)21-20-13(3)15-8-6-7-9-16(15)19/h6-12,21H,4-5H2,1-3H3/b20-13+. The minimum atomic E-state index is -3.94. The van der Waals surface area contributed by atoms with Crippen LogP contribution in [0.25, 0.3) is 0 Å². The quantitative estimate of drug-likeness (QED) is 0.390. The van der Waals surface area contributed by atoms with Crippen molar-refractivity contribution in [1.82, 2.24) is 4.31 Å². The number of nitrogens with zero attached hydrogens (tertiary/aromatic N) is 3. The van der Waals surface area contributed by atoms with Crippen LogP contribution >= 0.6 is 11.6 Å². The summed E-state index contributed by atoms with van der Waals surface area (Å²) in [6.45, 7) is 5.60. The van der Waals surface area contributed by atoms with Crippen LogP contribution in [0.15, 0.2) is 52.5 Å². The van der Waals surface area contributed by atoms with E-state index in [2.05, 4.69) is 10.5 Å². The number of hydrogen-bond acceptors (Lipinski definition) is 6. The fourth-order valence-electron chi connectivity index (χ4n) is 2.59. The summed E-state index contributed by atoms with van der Waals surface area (Å²) < 4.78 is 27.1. The maximum absolute atomic E-state index is 13.0. The number of nitro benzene ring substituents is 1. The summed E-state index contributed by atoms with van der Waals surface area (Å²) in [4.78, 5) is 10.3. The van der Waals surface area contributed by atoms with Crippen molar-refractivity contribution >= 4 is 38.7 Å². The molecule has 0 aliphatic rings. The Bertz CT molecular complexity index is 1000. The zero-order valence-corrected chi connectivity index (χ0v) is 17.3. The molecule has 0 amide bonds. The molecule has 2 aromatic carbocycles. The van der Waals surface area contributed by atoms with Crippen LogP contribution < -0.4 is 5.43 Å². The first-order valence-corrected chi connectivity index (χ1v) is 10.4. The normalized spacial score (nSPS) is 12.2. The SMILES string of the molecule is CCN(CC)S(=O)(=O)c1cc([N+](=O)[O-])ccc1N/N=C(\C)c1ccccc1Cl. The molecule has 0 atom stereocenters. The van der Waals surface area contributed by atoms with Crippen molar-refractivity contribution in [3.63, 3.8) is 0 Å². The fraction of sp³-hybridized carbons (Fsp3) is 0.278. The third-order valence-corrected chi connectivity index (χ3v) is 6.53. The highest BCUT2D eigenvalue weighted by atomic mass is 35.5. The molecule has 0 spiro atoms. The molecule has 0 saturated carbocycles. The van der Waals surface area contributed by atoms with Gasteiger partial charge in [-0.15, -0.1) is 0 Å². The summed E-state index contributed by atoms with van der Waals surface area (Å²) >= 11 is 6.15. The van der Waals surface area contributed by atoms with Crippen molar-refractivity contribution in [3.8, 4) is 0 Å². The van der Waals surface area contributed by atoms with E-state index in [9.17, 15) is 18.5 Å². The van der Waals surface area contributed by atoms with Gasteiger partial charge in [-0.05, 0) is 19.1 Å². The van der Waals surface area contributed by atoms with E-state index in [4.69, 9.17) is 11.6 Å². The van der Waals surface area contributed by atoms with Crippen molar-refractivity contribution < 1.29 is 13.3 Å². The molecule has 0 aliphatic carbocycles. The monoisotopic (exact) mass is 424 g/mol. The van der Waals surface area contributed by atoms with Gasteiger partial charge in [-0.2, -0.15) is 9.41 Å². The van der Waals surface area contributed by atoms with Crippen LogP contribution in [0.4, 0.5) is 11.4 Å². The van der Waals surface area contributed by atoms with Crippen molar-refractivity contribution in [1.29, 1.82) is 0 Å². The van der Waals surface area contributed by atoms with E-state index in [0.717, 1.165) is 6.07 Å². The lowest BCUT2D eigenvalue weighted by Crippen LogP contribution is -2.31. The Morgan fingerprint density at radius 3 is 2.43 bits per heavy atom. The second kappa shape index (κ2) is 9.13. The molecule has 28 heavy (non-hydrogen) atoms. The molecule has 0 saturated heterocycles. The Morgan fingerprint density at radius 2 is 1.86 bits per heavy atom. The average Bonchev–Trinajstić information content (AvgIpc) is 2.67. The predicted molar refractivity (Wildman–Crippen MR) is 110 cm³/mol. The van der Waals surface area contributed by atoms with Crippen LogP contribution in [0.2, 0.25) is 5.02 Å². The van der Waals surface area contributed by atoms with Gasteiger partial charge < -0.3 is 0 Å². The third-order valence-electron chi connectivity index (χ3n) is 4.11. The molecule has 2 rings (SSSR count). The van der Waals surface area contributed by atoms with Crippen LogP contribution in [0, 0.1) is 10.1 Å². The molecule has 150 valence electrons. The molecule has 0 heterocycles. The molecule has 8 nitrogen and oxygen atoms in total. The van der Waals surface area contributed by atoms with Crippen LogP contribution in [-0.2, 0) is 10.0 Å². The highest BCUT2D eigenvalue weighted by Gasteiger charge is 2.27. The van der Waals surface area contributed by atoms with E-state index in [1.54, 1.807) is 39.0 Å². The molecule has 0 aromatic heterocycles. The summed E-state index contributed by atoms with van der Waals surface area (Å²) in [5.41, 5.74) is 3.76. The first-order chi connectivity index (χ1) is 13.2. The predicted octanol–water partition coefficient (Wildman–Crippen LogP) is 4.11. The van der Waals surface area contributed by atoms with Gasteiger partial charge in [-0.3, -0.25) is 15.5 Å². The van der Waals surface area contributed by atoms with Crippen molar-refractivity contribution in [3.05, 3.63) is 63.2 Å². The van der Waals surface area contributed by atoms with E-state index in [1.807, 2.05) is 6.07 Å². The number of non-ortho nitro benzene ring substituents is 1. The van der Waals surface area contributed by atoms with Crippen molar-refractivity contribution in [2.24, 2.45) is 5.10 Å². The number of hydrazone groups is 1. The zero-order valence-electron chi connectivity index (χ0n) is 15.7. The fourth-order valence-corrected chi connectivity index (χ4v) is 4.48. The topological polar surface area (TPSA) is 105 Å². The summed E-state index contributed by atoms with van der Waals surface area (Å²) in [6.07, 6.45) is 0. The molecule has 0 fully saturated rings. The summed E-state index contributed by atoms with van der Waals surface area (Å²) in [5.74, 6) is 0. The summed E-state index contributed by atoms with van der Waals surface area (Å²) in [5, 5.41) is 15.8. The van der Waals surface area contributed by atoms with E-state index in [1.165, 1.54) is 16.4 Å². The Hall–Kier alpha value is -2.49. The molecule has 10 heteroatoms. The number of rotatable bonds is 8. The number of nitrogens with one attached hydrogen (secondary N) is 1. The van der Waals surface area contributed by atoms with Gasteiger partial charge in [0.25, 0.3) is 5.69 Å². The molecular weight excluding hydrogens is 404 g/mol. The lowest BCUT2D eigenvalue weighted by atomic mass is 10.1. The number of anilines is 1. The van der Waals surface area contributed by atoms with Crippen molar-refractivity contribution in [2.75, 3.05) is 18.5 Å². The van der Waals surface area contributed by atoms with Gasteiger partial charge in [0.2, 0.25) is 10.0 Å². The minimum Gasteiger partial charge on any atom is -0.277 e. The molecule has 0 bridgehead atoms. The van der Waals surface area contributed by atoms with E-state index in [-0.39, 0.29) is 29.4 Å². The highest BCUT2D eigenvalue weighted by Crippen LogP contribution is 2.29. The molecular formula is C18H21ClN4O4S. The Labute approximate surface area is 169 Å². The molecule has 0 aliphatic heterocycles. The van der Waals surface area contributed by atoms with Gasteiger partial charge in [-0.25, -0.2) is 8.42 Å². The Kier molecular flexibility index (Phi) is 7.11. The molecule has 2 aromatic rings. The van der Waals surface area contributed by atoms with Gasteiger partial charge in [-0.1, -0.05) is 43.6 Å². The van der Waals surface area contributed by atoms with Gasteiger partial charge >= 0.3 is 0 Å². The highest BCUT2D eigenvalue weighted by molar-refractivity contribution is 7.89. The van der Waals surface area contributed by atoms with E-state index in [0.29, 0.717) is 16.3 Å². The number of nitro groups is 1. The molecule has 1 N–H and O–H groups in total. The summed E-state index contributed by atoms with van der Waals surface area (Å²) in [6, 6.07) is 10.7. The van der Waals surface area contributed by atoms with Crippen molar-refractivity contribution in [2.45, 2.75) is 25.7 Å². The lowest BCUT2D eigenvalue weighted by Gasteiger charge is -2.20. The first-order valence-electron chi connectivity index (χ1n) is 8.56. The van der Waals surface area contributed by atoms with Gasteiger partial charge in [0.15, 0.2) is 0 Å². The first kappa shape index (κ1) is 21.8. The van der Waals surface area contributed by atoms with Gasteiger partial charge in [0.1, 0.15) is 4.90 Å². The smallest absolute Gasteiger partial charge is 0.270 e. The second-order valence-electron chi connectivity index (χ2n) is 5.82. The second-order valence-corrected chi connectivity index (χ2v) is 8.13. The van der Waals surface area contributed by atoms with Crippen LogP contribution in [-0.4, -0.2) is 36.4 Å². The maximum Gasteiger partial charge on any atom is 0.270 e. The number of sulfonamides is 1. The average molecular weight is 425 g/mol. The van der Waals surface area contributed by atoms with E-state index < -0.39 is 14.9 Å². The summed E-state index contributed by atoms with van der Waals surface area (Å²) in [7, 11) is -3.94. The zero-order chi connectivity index (χ0) is 20.9. The number of halogens is 1. The lowest BCUT2D eigenvalue weighted by molar-refractivity contribution is -0.385. The van der Waals surface area contributed by atoms with Crippen LogP contribution in [0.5, 0.6) is 0 Å².